The highest BCUT2D eigenvalue weighted by atomic mass is 16.1. The van der Waals surface area contributed by atoms with Crippen LogP contribution in [-0.2, 0) is 11.2 Å². The minimum atomic E-state index is -0.135. The van der Waals surface area contributed by atoms with Crippen molar-refractivity contribution in [3.8, 4) is 0 Å². The predicted molar refractivity (Wildman–Crippen MR) is 84.8 cm³/mol. The summed E-state index contributed by atoms with van der Waals surface area (Å²) >= 11 is 0. The third-order valence-corrected chi connectivity index (χ3v) is 4.10. The molecule has 0 aliphatic heterocycles. The van der Waals surface area contributed by atoms with E-state index >= 15 is 0 Å². The molecule has 3 aromatic rings. The van der Waals surface area contributed by atoms with Crippen molar-refractivity contribution in [2.75, 3.05) is 5.32 Å². The third-order valence-electron chi connectivity index (χ3n) is 4.10. The molecule has 0 aromatic carbocycles. The Morgan fingerprint density at radius 1 is 1.48 bits per heavy atom. The SMILES string of the molecule is O=C(Cc1cn2cccnc2n1)Nc1cc([C@H]2C[CH]CC2)[nH]n1. The van der Waals surface area contributed by atoms with Gasteiger partial charge < -0.3 is 5.32 Å². The molecule has 0 saturated heterocycles. The van der Waals surface area contributed by atoms with Gasteiger partial charge in [-0.15, -0.1) is 0 Å². The molecule has 1 radical (unpaired) electrons. The van der Waals surface area contributed by atoms with E-state index in [2.05, 4.69) is 31.9 Å². The van der Waals surface area contributed by atoms with Crippen LogP contribution in [0.5, 0.6) is 0 Å². The van der Waals surface area contributed by atoms with E-state index in [-0.39, 0.29) is 12.3 Å². The number of nitrogens with one attached hydrogen (secondary N) is 2. The quantitative estimate of drug-likeness (QED) is 0.772. The van der Waals surface area contributed by atoms with Crippen LogP contribution in [0.1, 0.15) is 36.6 Å². The molecule has 23 heavy (non-hydrogen) atoms. The van der Waals surface area contributed by atoms with Gasteiger partial charge >= 0.3 is 0 Å². The maximum Gasteiger partial charge on any atom is 0.233 e. The number of hydrogen-bond acceptors (Lipinski definition) is 4. The van der Waals surface area contributed by atoms with Crippen LogP contribution >= 0.6 is 0 Å². The van der Waals surface area contributed by atoms with Crippen LogP contribution in [0.4, 0.5) is 5.82 Å². The van der Waals surface area contributed by atoms with Gasteiger partial charge in [0.05, 0.1) is 12.1 Å². The number of rotatable bonds is 4. The highest BCUT2D eigenvalue weighted by molar-refractivity contribution is 5.91. The van der Waals surface area contributed by atoms with E-state index in [1.54, 1.807) is 10.6 Å². The number of aromatic amines is 1. The molecular formula is C16H17N6O. The van der Waals surface area contributed by atoms with Gasteiger partial charge in [-0.05, 0) is 31.7 Å². The number of H-pyrrole nitrogens is 1. The van der Waals surface area contributed by atoms with Crippen molar-refractivity contribution < 1.29 is 4.79 Å². The molecule has 7 nitrogen and oxygen atoms in total. The zero-order chi connectivity index (χ0) is 15.6. The van der Waals surface area contributed by atoms with Gasteiger partial charge in [0.1, 0.15) is 0 Å². The third kappa shape index (κ3) is 2.94. The smallest absolute Gasteiger partial charge is 0.233 e. The number of carbonyl (C=O) groups excluding carboxylic acids is 1. The van der Waals surface area contributed by atoms with Crippen LogP contribution in [0.3, 0.4) is 0 Å². The molecule has 7 heteroatoms. The summed E-state index contributed by atoms with van der Waals surface area (Å²) in [5.74, 6) is 1.52. The summed E-state index contributed by atoms with van der Waals surface area (Å²) in [6.07, 6.45) is 11.2. The Balaban J connectivity index is 1.41. The van der Waals surface area contributed by atoms with Gasteiger partial charge in [0.2, 0.25) is 11.7 Å². The number of carbonyl (C=O) groups is 1. The fourth-order valence-electron chi connectivity index (χ4n) is 2.96. The fourth-order valence-corrected chi connectivity index (χ4v) is 2.96. The van der Waals surface area contributed by atoms with E-state index in [1.165, 1.54) is 0 Å². The molecule has 117 valence electrons. The van der Waals surface area contributed by atoms with Gasteiger partial charge in [-0.2, -0.15) is 5.10 Å². The lowest BCUT2D eigenvalue weighted by atomic mass is 10.0. The largest absolute Gasteiger partial charge is 0.309 e. The van der Waals surface area contributed by atoms with Crippen molar-refractivity contribution in [2.45, 2.75) is 31.6 Å². The number of amides is 1. The van der Waals surface area contributed by atoms with E-state index in [1.807, 2.05) is 24.5 Å². The normalized spacial score (nSPS) is 15.3. The van der Waals surface area contributed by atoms with E-state index < -0.39 is 0 Å². The summed E-state index contributed by atoms with van der Waals surface area (Å²) in [4.78, 5) is 20.6. The summed E-state index contributed by atoms with van der Waals surface area (Å²) < 4.78 is 1.80. The first-order valence-corrected chi connectivity index (χ1v) is 7.73. The van der Waals surface area contributed by atoms with Gasteiger partial charge in [0, 0.05) is 36.3 Å². The second-order valence-electron chi connectivity index (χ2n) is 5.79. The Morgan fingerprint density at radius 3 is 3.26 bits per heavy atom. The van der Waals surface area contributed by atoms with Crippen LogP contribution in [0, 0.1) is 6.42 Å². The molecule has 1 aliphatic rings. The molecule has 1 aliphatic carbocycles. The van der Waals surface area contributed by atoms with Gasteiger partial charge in [-0.1, -0.05) is 0 Å². The number of fused-ring (bicyclic) bond motifs is 1. The Morgan fingerprint density at radius 2 is 2.43 bits per heavy atom. The Kier molecular flexibility index (Phi) is 3.53. The number of nitrogens with zero attached hydrogens (tertiary/aromatic N) is 4. The summed E-state index contributed by atoms with van der Waals surface area (Å²) in [6.45, 7) is 0. The van der Waals surface area contributed by atoms with Crippen molar-refractivity contribution in [1.82, 2.24) is 24.6 Å². The van der Waals surface area contributed by atoms with E-state index in [0.717, 1.165) is 25.0 Å². The molecular weight excluding hydrogens is 292 g/mol. The zero-order valence-corrected chi connectivity index (χ0v) is 12.6. The van der Waals surface area contributed by atoms with Crippen LogP contribution in [0.2, 0.25) is 0 Å². The van der Waals surface area contributed by atoms with Crippen molar-refractivity contribution >= 4 is 17.5 Å². The number of imidazole rings is 1. The highest BCUT2D eigenvalue weighted by Crippen LogP contribution is 2.32. The number of anilines is 1. The lowest BCUT2D eigenvalue weighted by molar-refractivity contribution is -0.115. The molecule has 0 unspecified atom stereocenters. The average molecular weight is 309 g/mol. The Hall–Kier alpha value is -2.70. The lowest BCUT2D eigenvalue weighted by Crippen LogP contribution is -2.14. The van der Waals surface area contributed by atoms with Gasteiger partial charge in [0.25, 0.3) is 0 Å². The zero-order valence-electron chi connectivity index (χ0n) is 12.6. The second kappa shape index (κ2) is 5.83. The van der Waals surface area contributed by atoms with Crippen molar-refractivity contribution in [3.05, 3.63) is 48.5 Å². The van der Waals surface area contributed by atoms with E-state index in [9.17, 15) is 4.79 Å². The average Bonchev–Trinajstić information content (AvgIpc) is 3.26. The number of aromatic nitrogens is 5. The first-order valence-electron chi connectivity index (χ1n) is 7.73. The molecule has 1 atom stereocenters. The standard InChI is InChI=1S/C16H17N6O/c23-15(8-12-10-22-7-3-6-17-16(22)18-12)19-14-9-13(20-21-14)11-4-1-2-5-11/h1,3,6-7,9-11H,2,4-5,8H2,(H2,19,20,21,23)/t11-/m0/s1. The minimum Gasteiger partial charge on any atom is -0.309 e. The second-order valence-corrected chi connectivity index (χ2v) is 5.79. The van der Waals surface area contributed by atoms with E-state index in [0.29, 0.717) is 23.2 Å². The predicted octanol–water partition coefficient (Wildman–Crippen LogP) is 2.11. The van der Waals surface area contributed by atoms with Crippen molar-refractivity contribution in [1.29, 1.82) is 0 Å². The summed E-state index contributed by atoms with van der Waals surface area (Å²) in [7, 11) is 0. The van der Waals surface area contributed by atoms with Crippen LogP contribution in [0.15, 0.2) is 30.7 Å². The molecule has 4 rings (SSSR count). The van der Waals surface area contributed by atoms with E-state index in [4.69, 9.17) is 0 Å². The summed E-state index contributed by atoms with van der Waals surface area (Å²) in [5, 5.41) is 10.0. The molecule has 3 aromatic heterocycles. The maximum atomic E-state index is 12.1. The molecule has 3 heterocycles. The van der Waals surface area contributed by atoms with Crippen molar-refractivity contribution in [2.24, 2.45) is 0 Å². The minimum absolute atomic E-state index is 0.135. The fraction of sp³-hybridized carbons (Fsp3) is 0.312. The molecule has 2 N–H and O–H groups in total. The summed E-state index contributed by atoms with van der Waals surface area (Å²) in [6, 6.07) is 3.75. The van der Waals surface area contributed by atoms with Crippen molar-refractivity contribution in [3.63, 3.8) is 0 Å². The monoisotopic (exact) mass is 309 g/mol. The van der Waals surface area contributed by atoms with Crippen LogP contribution in [-0.4, -0.2) is 30.5 Å². The Bertz CT molecular complexity index is 797. The maximum absolute atomic E-state index is 12.1. The van der Waals surface area contributed by atoms with Gasteiger partial charge in [-0.25, -0.2) is 9.97 Å². The molecule has 1 fully saturated rings. The first-order chi connectivity index (χ1) is 11.3. The Labute approximate surface area is 133 Å². The lowest BCUT2D eigenvalue weighted by Gasteiger charge is -2.03. The number of hydrogen-bond donors (Lipinski definition) is 2. The summed E-state index contributed by atoms with van der Waals surface area (Å²) in [5.41, 5.74) is 1.77. The van der Waals surface area contributed by atoms with Gasteiger partial charge in [-0.3, -0.25) is 14.3 Å². The molecule has 1 amide bonds. The highest BCUT2D eigenvalue weighted by Gasteiger charge is 2.19. The molecule has 1 saturated carbocycles. The topological polar surface area (TPSA) is 88.0 Å². The molecule has 0 spiro atoms. The van der Waals surface area contributed by atoms with Gasteiger partial charge in [0.15, 0.2) is 5.82 Å². The van der Waals surface area contributed by atoms with Crippen LogP contribution in [0.25, 0.3) is 5.78 Å². The first kappa shape index (κ1) is 13.9. The van der Waals surface area contributed by atoms with Crippen LogP contribution < -0.4 is 5.32 Å². The molecule has 0 bridgehead atoms.